The van der Waals surface area contributed by atoms with Gasteiger partial charge >= 0.3 is 11.9 Å². The van der Waals surface area contributed by atoms with Crippen LogP contribution in [0.3, 0.4) is 0 Å². The molecule has 0 saturated heterocycles. The SMILES string of the molecule is C=C(C)COC(=O)C(=O)Oc1ccccc1. The molecule has 0 heterocycles. The zero-order chi connectivity index (χ0) is 12.0. The summed E-state index contributed by atoms with van der Waals surface area (Å²) in [7, 11) is 0. The van der Waals surface area contributed by atoms with Crippen LogP contribution in [0.5, 0.6) is 5.75 Å². The van der Waals surface area contributed by atoms with Crippen LogP contribution in [0.2, 0.25) is 0 Å². The van der Waals surface area contributed by atoms with Gasteiger partial charge in [0.25, 0.3) is 0 Å². The summed E-state index contributed by atoms with van der Waals surface area (Å²) in [6.07, 6.45) is 0. The molecule has 1 aromatic carbocycles. The van der Waals surface area contributed by atoms with Crippen LogP contribution in [-0.2, 0) is 14.3 Å². The van der Waals surface area contributed by atoms with E-state index in [1.165, 1.54) is 0 Å². The molecule has 1 aromatic rings. The lowest BCUT2D eigenvalue weighted by Gasteiger charge is -2.04. The van der Waals surface area contributed by atoms with Crippen molar-refractivity contribution < 1.29 is 19.1 Å². The number of ether oxygens (including phenoxy) is 2. The molecule has 0 spiro atoms. The molecule has 0 aliphatic heterocycles. The van der Waals surface area contributed by atoms with Gasteiger partial charge in [-0.05, 0) is 24.6 Å². The van der Waals surface area contributed by atoms with E-state index in [1.807, 2.05) is 0 Å². The molecule has 0 radical (unpaired) electrons. The van der Waals surface area contributed by atoms with Gasteiger partial charge in [-0.3, -0.25) is 0 Å². The minimum Gasteiger partial charge on any atom is -0.453 e. The van der Waals surface area contributed by atoms with E-state index in [9.17, 15) is 9.59 Å². The molecule has 0 amide bonds. The van der Waals surface area contributed by atoms with E-state index >= 15 is 0 Å². The van der Waals surface area contributed by atoms with Gasteiger partial charge < -0.3 is 9.47 Å². The maximum Gasteiger partial charge on any atom is 0.422 e. The fourth-order valence-electron chi connectivity index (χ4n) is 0.885. The van der Waals surface area contributed by atoms with Crippen molar-refractivity contribution in [1.82, 2.24) is 0 Å². The lowest BCUT2D eigenvalue weighted by Crippen LogP contribution is -2.23. The van der Waals surface area contributed by atoms with Crippen LogP contribution in [0.25, 0.3) is 0 Å². The molecule has 4 nitrogen and oxygen atoms in total. The molecule has 0 aromatic heterocycles. The standard InChI is InChI=1S/C12H12O4/c1-9(2)8-15-11(13)12(14)16-10-6-4-3-5-7-10/h3-7H,1,8H2,2H3. The number of carbonyl (C=O) groups excluding carboxylic acids is 2. The van der Waals surface area contributed by atoms with Crippen molar-refractivity contribution in [3.05, 3.63) is 42.5 Å². The summed E-state index contributed by atoms with van der Waals surface area (Å²) in [6.45, 7) is 5.25. The minimum absolute atomic E-state index is 0.0166. The highest BCUT2D eigenvalue weighted by Gasteiger charge is 2.17. The monoisotopic (exact) mass is 220 g/mol. The van der Waals surface area contributed by atoms with Gasteiger partial charge in [-0.25, -0.2) is 9.59 Å². The molecule has 0 fully saturated rings. The first-order chi connectivity index (χ1) is 7.59. The summed E-state index contributed by atoms with van der Waals surface area (Å²) in [4.78, 5) is 22.3. The number of hydrogen-bond acceptors (Lipinski definition) is 4. The van der Waals surface area contributed by atoms with Crippen LogP contribution in [-0.4, -0.2) is 18.5 Å². The molecule has 0 aliphatic rings. The number of esters is 2. The lowest BCUT2D eigenvalue weighted by atomic mass is 10.3. The maximum absolute atomic E-state index is 11.2. The normalized spacial score (nSPS) is 9.31. The summed E-state index contributed by atoms with van der Waals surface area (Å²) in [5, 5.41) is 0. The van der Waals surface area contributed by atoms with Crippen molar-refractivity contribution in [1.29, 1.82) is 0 Å². The van der Waals surface area contributed by atoms with Crippen LogP contribution < -0.4 is 4.74 Å². The largest absolute Gasteiger partial charge is 0.453 e. The molecule has 1 rings (SSSR count). The van der Waals surface area contributed by atoms with Gasteiger partial charge in [-0.1, -0.05) is 24.8 Å². The highest BCUT2D eigenvalue weighted by atomic mass is 16.6. The first-order valence-electron chi connectivity index (χ1n) is 4.68. The molecular formula is C12H12O4. The Hall–Kier alpha value is -2.10. The van der Waals surface area contributed by atoms with E-state index in [2.05, 4.69) is 11.3 Å². The fourth-order valence-corrected chi connectivity index (χ4v) is 0.885. The molecule has 0 aliphatic carbocycles. The summed E-state index contributed by atoms with van der Waals surface area (Å²) in [5.74, 6) is -1.75. The molecule has 0 atom stereocenters. The van der Waals surface area contributed by atoms with Crippen molar-refractivity contribution in [2.24, 2.45) is 0 Å². The highest BCUT2D eigenvalue weighted by molar-refractivity contribution is 6.30. The number of benzene rings is 1. The summed E-state index contributed by atoms with van der Waals surface area (Å²) in [6, 6.07) is 8.31. The Morgan fingerprint density at radius 2 is 1.81 bits per heavy atom. The first kappa shape index (κ1) is 12.0. The van der Waals surface area contributed by atoms with Crippen molar-refractivity contribution in [2.45, 2.75) is 6.92 Å². The molecule has 0 saturated carbocycles. The smallest absolute Gasteiger partial charge is 0.422 e. The van der Waals surface area contributed by atoms with Crippen molar-refractivity contribution in [3.63, 3.8) is 0 Å². The van der Waals surface area contributed by atoms with Gasteiger partial charge in [0.2, 0.25) is 0 Å². The van der Waals surface area contributed by atoms with E-state index in [0.29, 0.717) is 11.3 Å². The van der Waals surface area contributed by atoms with Gasteiger partial charge in [0, 0.05) is 0 Å². The number of carbonyl (C=O) groups is 2. The molecule has 16 heavy (non-hydrogen) atoms. The molecule has 0 bridgehead atoms. The van der Waals surface area contributed by atoms with Crippen LogP contribution in [0, 0.1) is 0 Å². The van der Waals surface area contributed by atoms with Gasteiger partial charge in [-0.2, -0.15) is 0 Å². The third-order valence-electron chi connectivity index (χ3n) is 1.57. The van der Waals surface area contributed by atoms with Crippen LogP contribution >= 0.6 is 0 Å². The van der Waals surface area contributed by atoms with E-state index in [1.54, 1.807) is 37.3 Å². The second-order valence-corrected chi connectivity index (χ2v) is 3.24. The number of rotatable bonds is 3. The van der Waals surface area contributed by atoms with Gasteiger partial charge in [0.15, 0.2) is 0 Å². The second-order valence-electron chi connectivity index (χ2n) is 3.24. The van der Waals surface area contributed by atoms with E-state index < -0.39 is 11.9 Å². The van der Waals surface area contributed by atoms with Crippen LogP contribution in [0.15, 0.2) is 42.5 Å². The first-order valence-corrected chi connectivity index (χ1v) is 4.68. The van der Waals surface area contributed by atoms with Crippen LogP contribution in [0.1, 0.15) is 6.92 Å². The quantitative estimate of drug-likeness (QED) is 0.337. The molecular weight excluding hydrogens is 208 g/mol. The zero-order valence-electron chi connectivity index (χ0n) is 8.93. The van der Waals surface area contributed by atoms with E-state index in [4.69, 9.17) is 4.74 Å². The zero-order valence-corrected chi connectivity index (χ0v) is 8.93. The highest BCUT2D eigenvalue weighted by Crippen LogP contribution is 2.08. The molecule has 4 heteroatoms. The third-order valence-corrected chi connectivity index (χ3v) is 1.57. The minimum atomic E-state index is -1.03. The molecule has 84 valence electrons. The fraction of sp³-hybridized carbons (Fsp3) is 0.167. The van der Waals surface area contributed by atoms with Crippen LogP contribution in [0.4, 0.5) is 0 Å². The topological polar surface area (TPSA) is 52.6 Å². The Labute approximate surface area is 93.5 Å². The van der Waals surface area contributed by atoms with Crippen molar-refractivity contribution >= 4 is 11.9 Å². The number of para-hydroxylation sites is 1. The Balaban J connectivity index is 2.46. The predicted octanol–water partition coefficient (Wildman–Crippen LogP) is 1.71. The Morgan fingerprint density at radius 1 is 1.19 bits per heavy atom. The predicted molar refractivity (Wildman–Crippen MR) is 57.9 cm³/mol. The average molecular weight is 220 g/mol. The van der Waals surface area contributed by atoms with E-state index in [-0.39, 0.29) is 6.61 Å². The van der Waals surface area contributed by atoms with Gasteiger partial charge in [0.05, 0.1) is 0 Å². The average Bonchev–Trinajstić information content (AvgIpc) is 2.27. The Morgan fingerprint density at radius 3 is 2.38 bits per heavy atom. The van der Waals surface area contributed by atoms with Gasteiger partial charge in [-0.15, -0.1) is 0 Å². The molecule has 0 N–H and O–H groups in total. The van der Waals surface area contributed by atoms with Gasteiger partial charge in [0.1, 0.15) is 12.4 Å². The van der Waals surface area contributed by atoms with Crippen molar-refractivity contribution in [2.75, 3.05) is 6.61 Å². The Bertz CT molecular complexity index is 395. The summed E-state index contributed by atoms with van der Waals surface area (Å²) >= 11 is 0. The summed E-state index contributed by atoms with van der Waals surface area (Å²) in [5.41, 5.74) is 0.654. The Kier molecular flexibility index (Phi) is 4.27. The van der Waals surface area contributed by atoms with Crippen molar-refractivity contribution in [3.8, 4) is 5.75 Å². The summed E-state index contributed by atoms with van der Waals surface area (Å²) < 4.78 is 9.39. The number of hydrogen-bond donors (Lipinski definition) is 0. The second kappa shape index (κ2) is 5.70. The maximum atomic E-state index is 11.2. The third kappa shape index (κ3) is 3.96. The molecule has 0 unspecified atom stereocenters. The lowest BCUT2D eigenvalue weighted by molar-refractivity contribution is -0.161. The van der Waals surface area contributed by atoms with E-state index in [0.717, 1.165) is 0 Å².